The molecule has 1 saturated carbocycles. The molecule has 3 heterocycles. The van der Waals surface area contributed by atoms with Gasteiger partial charge in [-0.25, -0.2) is 0 Å². The number of hydrogen-bond donors (Lipinski definition) is 2. The number of rotatable bonds is 4. The Balaban J connectivity index is 1.39. The maximum absolute atomic E-state index is 12.8. The number of carbonyl (C=O) groups excluding carboxylic acids is 2. The molecule has 2 N–H and O–H groups in total. The van der Waals surface area contributed by atoms with E-state index in [0.29, 0.717) is 37.7 Å². The number of nitrogens with zero attached hydrogens (tertiary/aromatic N) is 4. The number of amides is 2. The molecule has 1 aliphatic heterocycles. The van der Waals surface area contributed by atoms with E-state index in [1.807, 2.05) is 28.9 Å². The van der Waals surface area contributed by atoms with Crippen LogP contribution in [0.2, 0.25) is 0 Å². The summed E-state index contributed by atoms with van der Waals surface area (Å²) in [5.74, 6) is 0.554. The molecule has 1 unspecified atom stereocenters. The summed E-state index contributed by atoms with van der Waals surface area (Å²) < 4.78 is 0. The third kappa shape index (κ3) is 3.49. The maximum atomic E-state index is 12.8. The predicted octanol–water partition coefficient (Wildman–Crippen LogP) is 1.32. The summed E-state index contributed by atoms with van der Waals surface area (Å²) in [7, 11) is 0. The summed E-state index contributed by atoms with van der Waals surface area (Å²) >= 11 is 0. The normalized spacial score (nSPS) is 20.9. The first-order valence-corrected chi connectivity index (χ1v) is 9.24. The Hall–Kier alpha value is -2.64. The van der Waals surface area contributed by atoms with Crippen LogP contribution < -0.4 is 0 Å². The summed E-state index contributed by atoms with van der Waals surface area (Å²) in [6.45, 7) is 3.75. The average molecular weight is 356 g/mol. The molecule has 0 spiro atoms. The fourth-order valence-corrected chi connectivity index (χ4v) is 3.49. The minimum Gasteiger partial charge on any atom is -0.338 e. The highest BCUT2D eigenvalue weighted by atomic mass is 16.2. The van der Waals surface area contributed by atoms with Gasteiger partial charge in [0.1, 0.15) is 5.69 Å². The Morgan fingerprint density at radius 3 is 2.77 bits per heavy atom. The molecular formula is C18H24N6O2. The molecule has 8 heteroatoms. The molecule has 2 aromatic rings. The molecule has 1 atom stereocenters. The molecular weight excluding hydrogens is 332 g/mol. The zero-order valence-corrected chi connectivity index (χ0v) is 14.9. The van der Waals surface area contributed by atoms with E-state index in [0.717, 1.165) is 17.8 Å². The molecule has 2 amide bonds. The smallest absolute Gasteiger partial charge is 0.274 e. The van der Waals surface area contributed by atoms with E-state index in [-0.39, 0.29) is 17.9 Å². The number of aromatic amines is 2. The van der Waals surface area contributed by atoms with Crippen LogP contribution in [0.5, 0.6) is 0 Å². The van der Waals surface area contributed by atoms with Crippen molar-refractivity contribution in [2.75, 3.05) is 19.6 Å². The third-order valence-electron chi connectivity index (χ3n) is 5.30. The zero-order valence-electron chi connectivity index (χ0n) is 14.9. The van der Waals surface area contributed by atoms with Crippen LogP contribution in [0.15, 0.2) is 18.3 Å². The standard InChI is InChI=1S/C18H24N6O2/c1-12-5-7-23(18(26)16-11-15(21-22-16)13-2-3-13)8-9-24(12)17(25)10-14-4-6-19-20-14/h4,6,11-13H,2-3,5,7-10H2,1H3,(H,19,20)(H,21,22). The number of aromatic nitrogens is 4. The summed E-state index contributed by atoms with van der Waals surface area (Å²) in [4.78, 5) is 29.1. The Kier molecular flexibility index (Phi) is 4.48. The summed E-state index contributed by atoms with van der Waals surface area (Å²) in [5, 5.41) is 13.9. The zero-order chi connectivity index (χ0) is 18.1. The Labute approximate surface area is 151 Å². The van der Waals surface area contributed by atoms with Gasteiger partial charge in [-0.15, -0.1) is 0 Å². The van der Waals surface area contributed by atoms with E-state index in [1.54, 1.807) is 6.20 Å². The van der Waals surface area contributed by atoms with E-state index in [2.05, 4.69) is 20.4 Å². The van der Waals surface area contributed by atoms with Crippen LogP contribution in [0.25, 0.3) is 0 Å². The molecule has 2 aromatic heterocycles. The van der Waals surface area contributed by atoms with Crippen molar-refractivity contribution in [1.82, 2.24) is 30.2 Å². The van der Waals surface area contributed by atoms with Gasteiger partial charge in [-0.1, -0.05) is 0 Å². The van der Waals surface area contributed by atoms with Gasteiger partial charge in [0, 0.05) is 49.2 Å². The van der Waals surface area contributed by atoms with Gasteiger partial charge in [0.2, 0.25) is 5.91 Å². The summed E-state index contributed by atoms with van der Waals surface area (Å²) in [6, 6.07) is 3.80. The van der Waals surface area contributed by atoms with E-state index in [4.69, 9.17) is 0 Å². The number of hydrogen-bond acceptors (Lipinski definition) is 4. The monoisotopic (exact) mass is 356 g/mol. The third-order valence-corrected chi connectivity index (χ3v) is 5.30. The maximum Gasteiger partial charge on any atom is 0.274 e. The molecule has 0 radical (unpaired) electrons. The molecule has 138 valence electrons. The van der Waals surface area contributed by atoms with Crippen LogP contribution in [-0.4, -0.2) is 67.7 Å². The van der Waals surface area contributed by atoms with Crippen molar-refractivity contribution < 1.29 is 9.59 Å². The van der Waals surface area contributed by atoms with Crippen LogP contribution in [0.4, 0.5) is 0 Å². The molecule has 1 aliphatic carbocycles. The lowest BCUT2D eigenvalue weighted by molar-refractivity contribution is -0.132. The van der Waals surface area contributed by atoms with Gasteiger partial charge >= 0.3 is 0 Å². The van der Waals surface area contributed by atoms with Crippen molar-refractivity contribution in [2.45, 2.75) is 44.6 Å². The van der Waals surface area contributed by atoms with E-state index < -0.39 is 0 Å². The molecule has 26 heavy (non-hydrogen) atoms. The molecule has 2 aliphatic rings. The minimum absolute atomic E-state index is 0.0526. The lowest BCUT2D eigenvalue weighted by Crippen LogP contribution is -2.41. The predicted molar refractivity (Wildman–Crippen MR) is 94.5 cm³/mol. The first-order chi connectivity index (χ1) is 12.6. The van der Waals surface area contributed by atoms with Crippen molar-refractivity contribution in [1.29, 1.82) is 0 Å². The SMILES string of the molecule is CC1CCN(C(=O)c2cc(C3CC3)[nH]n2)CCN1C(=O)Cc1ccn[nH]1. The van der Waals surface area contributed by atoms with Gasteiger partial charge in [0.25, 0.3) is 5.91 Å². The van der Waals surface area contributed by atoms with Crippen LogP contribution in [0, 0.1) is 0 Å². The fourth-order valence-electron chi connectivity index (χ4n) is 3.49. The van der Waals surface area contributed by atoms with Crippen LogP contribution in [0.1, 0.15) is 54.0 Å². The first-order valence-electron chi connectivity index (χ1n) is 9.24. The average Bonchev–Trinajstić information content (AvgIpc) is 3.20. The molecule has 4 rings (SSSR count). The van der Waals surface area contributed by atoms with Gasteiger partial charge < -0.3 is 9.80 Å². The largest absolute Gasteiger partial charge is 0.338 e. The molecule has 2 fully saturated rings. The molecule has 0 aromatic carbocycles. The molecule has 1 saturated heterocycles. The van der Waals surface area contributed by atoms with E-state index in [9.17, 15) is 9.59 Å². The Bertz CT molecular complexity index is 779. The van der Waals surface area contributed by atoms with Crippen molar-refractivity contribution in [3.8, 4) is 0 Å². The van der Waals surface area contributed by atoms with Crippen LogP contribution in [-0.2, 0) is 11.2 Å². The minimum atomic E-state index is -0.0526. The van der Waals surface area contributed by atoms with Crippen molar-refractivity contribution in [2.24, 2.45) is 0 Å². The topological polar surface area (TPSA) is 98.0 Å². The Morgan fingerprint density at radius 2 is 2.04 bits per heavy atom. The van der Waals surface area contributed by atoms with E-state index >= 15 is 0 Å². The fraction of sp³-hybridized carbons (Fsp3) is 0.556. The first kappa shape index (κ1) is 16.8. The molecule has 8 nitrogen and oxygen atoms in total. The number of carbonyl (C=O) groups is 2. The quantitative estimate of drug-likeness (QED) is 0.863. The summed E-state index contributed by atoms with van der Waals surface area (Å²) in [6.07, 6.45) is 5.06. The second kappa shape index (κ2) is 6.93. The highest BCUT2D eigenvalue weighted by Gasteiger charge is 2.30. The van der Waals surface area contributed by atoms with Crippen molar-refractivity contribution in [3.05, 3.63) is 35.4 Å². The van der Waals surface area contributed by atoms with Gasteiger partial charge in [0.05, 0.1) is 6.42 Å². The van der Waals surface area contributed by atoms with Gasteiger partial charge in [0.15, 0.2) is 0 Å². The highest BCUT2D eigenvalue weighted by Crippen LogP contribution is 2.39. The lowest BCUT2D eigenvalue weighted by atomic mass is 10.2. The Morgan fingerprint density at radius 1 is 1.19 bits per heavy atom. The second-order valence-electron chi connectivity index (χ2n) is 7.26. The second-order valence-corrected chi connectivity index (χ2v) is 7.26. The van der Waals surface area contributed by atoms with E-state index in [1.165, 1.54) is 12.8 Å². The number of H-pyrrole nitrogens is 2. The lowest BCUT2D eigenvalue weighted by Gasteiger charge is -2.26. The van der Waals surface area contributed by atoms with Crippen LogP contribution in [0.3, 0.4) is 0 Å². The molecule has 0 bridgehead atoms. The summed E-state index contributed by atoms with van der Waals surface area (Å²) in [5.41, 5.74) is 2.35. The number of nitrogens with one attached hydrogen (secondary N) is 2. The van der Waals surface area contributed by atoms with Gasteiger partial charge in [-0.3, -0.25) is 19.8 Å². The van der Waals surface area contributed by atoms with Gasteiger partial charge in [-0.05, 0) is 38.3 Å². The van der Waals surface area contributed by atoms with Crippen molar-refractivity contribution >= 4 is 11.8 Å². The van der Waals surface area contributed by atoms with Crippen LogP contribution >= 0.6 is 0 Å². The highest BCUT2D eigenvalue weighted by molar-refractivity contribution is 5.92. The van der Waals surface area contributed by atoms with Crippen molar-refractivity contribution in [3.63, 3.8) is 0 Å². The van der Waals surface area contributed by atoms with Gasteiger partial charge in [-0.2, -0.15) is 10.2 Å².